The van der Waals surface area contributed by atoms with Gasteiger partial charge in [0.05, 0.1) is 6.20 Å². The smallest absolute Gasteiger partial charge is 0.141 e. The van der Waals surface area contributed by atoms with Crippen LogP contribution in [-0.2, 0) is 0 Å². The molecule has 1 aromatic rings. The lowest BCUT2D eigenvalue weighted by Crippen LogP contribution is -2.16. The summed E-state index contributed by atoms with van der Waals surface area (Å²) < 4.78 is 12.6. The van der Waals surface area contributed by atoms with Crippen LogP contribution in [0.2, 0.25) is 0 Å². The molecule has 1 fully saturated rings. The zero-order valence-electron chi connectivity index (χ0n) is 9.04. The Morgan fingerprint density at radius 3 is 2.93 bits per heavy atom. The van der Waals surface area contributed by atoms with Crippen molar-refractivity contribution in [2.45, 2.75) is 26.2 Å². The first-order valence-electron chi connectivity index (χ1n) is 5.61. The fourth-order valence-electron chi connectivity index (χ4n) is 2.24. The predicted octanol–water partition coefficient (Wildman–Crippen LogP) is 3.07. The monoisotopic (exact) mass is 208 g/mol. The van der Waals surface area contributed by atoms with Gasteiger partial charge in [-0.2, -0.15) is 0 Å². The van der Waals surface area contributed by atoms with E-state index in [2.05, 4.69) is 17.2 Å². The Balaban J connectivity index is 1.85. The molecule has 2 nitrogen and oxygen atoms in total. The quantitative estimate of drug-likeness (QED) is 0.825. The summed E-state index contributed by atoms with van der Waals surface area (Å²) in [6.07, 6.45) is 5.23. The van der Waals surface area contributed by atoms with Gasteiger partial charge in [0.1, 0.15) is 11.6 Å². The molecular weight excluding hydrogens is 191 g/mol. The summed E-state index contributed by atoms with van der Waals surface area (Å²) in [4.78, 5) is 3.98. The first-order chi connectivity index (χ1) is 7.25. The number of halogens is 1. The maximum Gasteiger partial charge on any atom is 0.141 e. The molecule has 1 saturated carbocycles. The highest BCUT2D eigenvalue weighted by Crippen LogP contribution is 2.30. The van der Waals surface area contributed by atoms with E-state index in [0.29, 0.717) is 0 Å². The Morgan fingerprint density at radius 1 is 1.47 bits per heavy atom. The molecule has 1 aliphatic carbocycles. The van der Waals surface area contributed by atoms with Crippen molar-refractivity contribution in [3.05, 3.63) is 24.1 Å². The number of nitrogens with one attached hydrogen (secondary N) is 1. The molecule has 1 aliphatic rings. The molecule has 1 heterocycles. The van der Waals surface area contributed by atoms with E-state index < -0.39 is 0 Å². The number of aromatic nitrogens is 1. The van der Waals surface area contributed by atoms with Crippen molar-refractivity contribution in [1.82, 2.24) is 4.98 Å². The third kappa shape index (κ3) is 2.67. The average molecular weight is 208 g/mol. The molecule has 0 amide bonds. The molecule has 0 spiro atoms. The van der Waals surface area contributed by atoms with E-state index in [0.717, 1.165) is 24.2 Å². The van der Waals surface area contributed by atoms with Gasteiger partial charge in [-0.05, 0) is 30.4 Å². The molecule has 82 valence electrons. The molecule has 2 rings (SSSR count). The summed E-state index contributed by atoms with van der Waals surface area (Å²) in [6.45, 7) is 3.26. The lowest BCUT2D eigenvalue weighted by molar-refractivity contribution is 0.439. The molecule has 0 aromatic carbocycles. The van der Waals surface area contributed by atoms with E-state index in [1.54, 1.807) is 6.07 Å². The van der Waals surface area contributed by atoms with Crippen molar-refractivity contribution in [3.63, 3.8) is 0 Å². The number of anilines is 1. The maximum atomic E-state index is 12.6. The molecule has 0 radical (unpaired) electrons. The second-order valence-electron chi connectivity index (χ2n) is 4.41. The highest BCUT2D eigenvalue weighted by Gasteiger charge is 2.22. The molecule has 2 unspecified atom stereocenters. The number of rotatable bonds is 3. The molecule has 15 heavy (non-hydrogen) atoms. The number of nitrogens with zero attached hydrogens (tertiary/aromatic N) is 1. The van der Waals surface area contributed by atoms with Crippen LogP contribution in [0.5, 0.6) is 0 Å². The van der Waals surface area contributed by atoms with Crippen LogP contribution in [0.1, 0.15) is 26.2 Å². The van der Waals surface area contributed by atoms with Crippen molar-refractivity contribution < 1.29 is 4.39 Å². The summed E-state index contributed by atoms with van der Waals surface area (Å²) in [5, 5.41) is 3.27. The van der Waals surface area contributed by atoms with Crippen molar-refractivity contribution in [2.24, 2.45) is 11.8 Å². The van der Waals surface area contributed by atoms with Gasteiger partial charge in [-0.25, -0.2) is 9.37 Å². The summed E-state index contributed by atoms with van der Waals surface area (Å²) in [7, 11) is 0. The van der Waals surface area contributed by atoms with Gasteiger partial charge in [0.2, 0.25) is 0 Å². The van der Waals surface area contributed by atoms with Crippen molar-refractivity contribution >= 4 is 5.82 Å². The van der Waals surface area contributed by atoms with Gasteiger partial charge < -0.3 is 5.32 Å². The first-order valence-corrected chi connectivity index (χ1v) is 5.61. The Bertz CT molecular complexity index is 310. The van der Waals surface area contributed by atoms with Crippen molar-refractivity contribution in [1.29, 1.82) is 0 Å². The lowest BCUT2D eigenvalue weighted by atomic mass is 9.98. The summed E-state index contributed by atoms with van der Waals surface area (Å²) in [6, 6.07) is 3.13. The van der Waals surface area contributed by atoms with Crippen LogP contribution in [0.4, 0.5) is 10.2 Å². The van der Waals surface area contributed by atoms with E-state index in [1.807, 2.05) is 0 Å². The highest BCUT2D eigenvalue weighted by molar-refractivity contribution is 5.33. The highest BCUT2D eigenvalue weighted by atomic mass is 19.1. The Labute approximate surface area is 89.9 Å². The zero-order valence-corrected chi connectivity index (χ0v) is 9.04. The van der Waals surface area contributed by atoms with E-state index >= 15 is 0 Å². The van der Waals surface area contributed by atoms with E-state index in [1.165, 1.54) is 31.5 Å². The molecule has 3 heteroatoms. The average Bonchev–Trinajstić information content (AvgIpc) is 2.63. The minimum Gasteiger partial charge on any atom is -0.370 e. The SMILES string of the molecule is CC1CCCC1CNc1ccc(F)cn1. The third-order valence-electron chi connectivity index (χ3n) is 3.31. The number of hydrogen-bond donors (Lipinski definition) is 1. The summed E-state index contributed by atoms with van der Waals surface area (Å²) in [5.74, 6) is 2.04. The van der Waals surface area contributed by atoms with Gasteiger partial charge in [0.25, 0.3) is 0 Å². The minimum absolute atomic E-state index is 0.283. The maximum absolute atomic E-state index is 12.6. The van der Waals surface area contributed by atoms with Crippen LogP contribution >= 0.6 is 0 Å². The minimum atomic E-state index is -0.283. The molecule has 1 aromatic heterocycles. The standard InChI is InChI=1S/C12H17FN2/c1-9-3-2-4-10(9)7-14-12-6-5-11(13)8-15-12/h5-6,8-10H,2-4,7H2,1H3,(H,14,15). The van der Waals surface area contributed by atoms with Crippen LogP contribution in [-0.4, -0.2) is 11.5 Å². The Kier molecular flexibility index (Phi) is 3.19. The topological polar surface area (TPSA) is 24.9 Å². The molecule has 2 atom stereocenters. The van der Waals surface area contributed by atoms with E-state index in [-0.39, 0.29) is 5.82 Å². The zero-order chi connectivity index (χ0) is 10.7. The summed E-state index contributed by atoms with van der Waals surface area (Å²) in [5.41, 5.74) is 0. The molecule has 0 saturated heterocycles. The van der Waals surface area contributed by atoms with Crippen LogP contribution in [0, 0.1) is 17.7 Å². The third-order valence-corrected chi connectivity index (χ3v) is 3.31. The Hall–Kier alpha value is -1.12. The van der Waals surface area contributed by atoms with Gasteiger partial charge in [-0.3, -0.25) is 0 Å². The number of hydrogen-bond acceptors (Lipinski definition) is 2. The van der Waals surface area contributed by atoms with Gasteiger partial charge in [-0.15, -0.1) is 0 Å². The number of pyridine rings is 1. The van der Waals surface area contributed by atoms with Crippen LogP contribution < -0.4 is 5.32 Å². The van der Waals surface area contributed by atoms with Crippen LogP contribution in [0.25, 0.3) is 0 Å². The van der Waals surface area contributed by atoms with Crippen LogP contribution in [0.3, 0.4) is 0 Å². The molecule has 1 N–H and O–H groups in total. The molecular formula is C12H17FN2. The van der Waals surface area contributed by atoms with E-state index in [9.17, 15) is 4.39 Å². The largest absolute Gasteiger partial charge is 0.370 e. The van der Waals surface area contributed by atoms with Gasteiger partial charge in [0, 0.05) is 6.54 Å². The van der Waals surface area contributed by atoms with Crippen molar-refractivity contribution in [3.8, 4) is 0 Å². The molecule has 0 bridgehead atoms. The normalized spacial score (nSPS) is 25.5. The fraction of sp³-hybridized carbons (Fsp3) is 0.583. The van der Waals surface area contributed by atoms with Crippen molar-refractivity contribution in [2.75, 3.05) is 11.9 Å². The second-order valence-corrected chi connectivity index (χ2v) is 4.41. The fourth-order valence-corrected chi connectivity index (χ4v) is 2.24. The lowest BCUT2D eigenvalue weighted by Gasteiger charge is -2.16. The molecule has 0 aliphatic heterocycles. The van der Waals surface area contributed by atoms with Gasteiger partial charge in [-0.1, -0.05) is 19.8 Å². The summed E-state index contributed by atoms with van der Waals surface area (Å²) >= 11 is 0. The van der Waals surface area contributed by atoms with Gasteiger partial charge in [0.15, 0.2) is 0 Å². The first kappa shape index (κ1) is 10.4. The Morgan fingerprint density at radius 2 is 2.33 bits per heavy atom. The predicted molar refractivity (Wildman–Crippen MR) is 59.2 cm³/mol. The van der Waals surface area contributed by atoms with Gasteiger partial charge >= 0.3 is 0 Å². The van der Waals surface area contributed by atoms with Crippen LogP contribution in [0.15, 0.2) is 18.3 Å². The van der Waals surface area contributed by atoms with E-state index in [4.69, 9.17) is 0 Å². The second kappa shape index (κ2) is 4.60.